The van der Waals surface area contributed by atoms with Crippen LogP contribution in [0.3, 0.4) is 0 Å². The molecule has 0 bridgehead atoms. The standard InChI is InChI=1S/C15H22BFO4/c1-6-18-10-19-13-8-7-11(17)9-12(13)16-20-14(2,3)15(4,5)21-16/h7-9H,6,10H2,1-5H3. The van der Waals surface area contributed by atoms with E-state index in [0.717, 1.165) is 0 Å². The lowest BCUT2D eigenvalue weighted by molar-refractivity contribution is 0.00578. The Morgan fingerprint density at radius 2 is 1.76 bits per heavy atom. The van der Waals surface area contributed by atoms with E-state index in [9.17, 15) is 4.39 Å². The first kappa shape index (κ1) is 16.3. The maximum Gasteiger partial charge on any atom is 0.498 e. The Balaban J connectivity index is 2.25. The van der Waals surface area contributed by atoms with E-state index in [1.807, 2.05) is 34.6 Å². The zero-order valence-electron chi connectivity index (χ0n) is 13.2. The molecule has 0 aromatic heterocycles. The van der Waals surface area contributed by atoms with E-state index in [1.165, 1.54) is 12.1 Å². The Kier molecular flexibility index (Phi) is 4.61. The van der Waals surface area contributed by atoms with Crippen molar-refractivity contribution < 1.29 is 23.2 Å². The molecule has 1 aromatic carbocycles. The van der Waals surface area contributed by atoms with Crippen molar-refractivity contribution in [2.24, 2.45) is 0 Å². The van der Waals surface area contributed by atoms with Crippen molar-refractivity contribution in [1.82, 2.24) is 0 Å². The lowest BCUT2D eigenvalue weighted by atomic mass is 9.78. The first-order valence-electron chi connectivity index (χ1n) is 7.12. The van der Waals surface area contributed by atoms with Crippen molar-refractivity contribution in [3.63, 3.8) is 0 Å². The molecule has 0 radical (unpaired) electrons. The van der Waals surface area contributed by atoms with Crippen LogP contribution in [0.5, 0.6) is 5.75 Å². The molecule has 1 saturated heterocycles. The van der Waals surface area contributed by atoms with Crippen LogP contribution < -0.4 is 10.2 Å². The molecule has 0 N–H and O–H groups in total. The van der Waals surface area contributed by atoms with Gasteiger partial charge in [-0.2, -0.15) is 0 Å². The fraction of sp³-hybridized carbons (Fsp3) is 0.600. The summed E-state index contributed by atoms with van der Waals surface area (Å²) >= 11 is 0. The van der Waals surface area contributed by atoms with Gasteiger partial charge in [-0.25, -0.2) is 4.39 Å². The lowest BCUT2D eigenvalue weighted by Gasteiger charge is -2.32. The molecule has 1 aromatic rings. The van der Waals surface area contributed by atoms with Crippen molar-refractivity contribution in [2.45, 2.75) is 45.8 Å². The third kappa shape index (κ3) is 3.39. The first-order chi connectivity index (χ1) is 9.77. The van der Waals surface area contributed by atoms with E-state index in [4.69, 9.17) is 18.8 Å². The third-order valence-electron chi connectivity index (χ3n) is 3.98. The summed E-state index contributed by atoms with van der Waals surface area (Å²) in [5.41, 5.74) is -0.434. The predicted molar refractivity (Wildman–Crippen MR) is 79.2 cm³/mol. The second kappa shape index (κ2) is 5.95. The Morgan fingerprint density at radius 3 is 2.33 bits per heavy atom. The van der Waals surface area contributed by atoms with Gasteiger partial charge >= 0.3 is 7.12 Å². The van der Waals surface area contributed by atoms with Crippen molar-refractivity contribution in [3.05, 3.63) is 24.0 Å². The molecular formula is C15H22BFO4. The van der Waals surface area contributed by atoms with Gasteiger partial charge in [-0.1, -0.05) is 0 Å². The fourth-order valence-corrected chi connectivity index (χ4v) is 1.99. The van der Waals surface area contributed by atoms with E-state index in [2.05, 4.69) is 0 Å². The monoisotopic (exact) mass is 296 g/mol. The molecule has 4 nitrogen and oxygen atoms in total. The zero-order valence-corrected chi connectivity index (χ0v) is 13.2. The topological polar surface area (TPSA) is 36.9 Å². The molecule has 0 unspecified atom stereocenters. The average molecular weight is 296 g/mol. The van der Waals surface area contributed by atoms with Gasteiger partial charge in [0.2, 0.25) is 0 Å². The van der Waals surface area contributed by atoms with E-state index < -0.39 is 18.3 Å². The van der Waals surface area contributed by atoms with Crippen LogP contribution in [0, 0.1) is 5.82 Å². The SMILES string of the molecule is CCOCOc1ccc(F)cc1B1OC(C)(C)C(C)(C)O1. The van der Waals surface area contributed by atoms with Gasteiger partial charge in [0.25, 0.3) is 0 Å². The van der Waals surface area contributed by atoms with E-state index in [-0.39, 0.29) is 12.6 Å². The molecule has 0 spiro atoms. The summed E-state index contributed by atoms with van der Waals surface area (Å²) in [7, 11) is -0.665. The van der Waals surface area contributed by atoms with Crippen LogP contribution in [0.4, 0.5) is 4.39 Å². The number of hydrogen-bond acceptors (Lipinski definition) is 4. The van der Waals surface area contributed by atoms with Gasteiger partial charge < -0.3 is 18.8 Å². The average Bonchev–Trinajstić information content (AvgIpc) is 2.60. The molecule has 0 amide bonds. The Bertz CT molecular complexity index is 488. The summed E-state index contributed by atoms with van der Waals surface area (Å²) in [6.45, 7) is 10.3. The number of hydrogen-bond donors (Lipinski definition) is 0. The molecule has 21 heavy (non-hydrogen) atoms. The first-order valence-corrected chi connectivity index (χ1v) is 7.12. The summed E-state index contributed by atoms with van der Waals surface area (Å²) in [5, 5.41) is 0. The van der Waals surface area contributed by atoms with Crippen molar-refractivity contribution in [1.29, 1.82) is 0 Å². The smallest absolute Gasteiger partial charge is 0.468 e. The van der Waals surface area contributed by atoms with Crippen LogP contribution in [-0.4, -0.2) is 31.7 Å². The van der Waals surface area contributed by atoms with Crippen LogP contribution in [0.25, 0.3) is 0 Å². The van der Waals surface area contributed by atoms with Crippen molar-refractivity contribution in [3.8, 4) is 5.75 Å². The molecule has 1 aliphatic heterocycles. The summed E-state index contributed by atoms with van der Waals surface area (Å²) in [6.07, 6.45) is 0. The minimum absolute atomic E-state index is 0.106. The molecular weight excluding hydrogens is 274 g/mol. The van der Waals surface area contributed by atoms with Crippen molar-refractivity contribution in [2.75, 3.05) is 13.4 Å². The normalized spacial score (nSPS) is 19.8. The van der Waals surface area contributed by atoms with Crippen LogP contribution in [0.1, 0.15) is 34.6 Å². The third-order valence-corrected chi connectivity index (χ3v) is 3.98. The highest BCUT2D eigenvalue weighted by Gasteiger charge is 2.52. The lowest BCUT2D eigenvalue weighted by Crippen LogP contribution is -2.41. The number of benzene rings is 1. The Labute approximate surface area is 125 Å². The van der Waals surface area contributed by atoms with Gasteiger partial charge in [0.1, 0.15) is 11.6 Å². The summed E-state index contributed by atoms with van der Waals surface area (Å²) in [5.74, 6) is 0.145. The molecule has 6 heteroatoms. The highest BCUT2D eigenvalue weighted by molar-refractivity contribution is 6.63. The summed E-state index contributed by atoms with van der Waals surface area (Å²) in [4.78, 5) is 0. The molecule has 2 rings (SSSR count). The second-order valence-corrected chi connectivity index (χ2v) is 6.03. The predicted octanol–water partition coefficient (Wildman–Crippen LogP) is 2.50. The van der Waals surface area contributed by atoms with Crippen LogP contribution in [0.15, 0.2) is 18.2 Å². The quantitative estimate of drug-likeness (QED) is 0.475. The molecule has 0 aliphatic carbocycles. The fourth-order valence-electron chi connectivity index (χ4n) is 1.99. The van der Waals surface area contributed by atoms with Gasteiger partial charge in [0.15, 0.2) is 6.79 Å². The highest BCUT2D eigenvalue weighted by Crippen LogP contribution is 2.37. The number of ether oxygens (including phenoxy) is 2. The highest BCUT2D eigenvalue weighted by atomic mass is 19.1. The summed E-state index contributed by atoms with van der Waals surface area (Å²) in [6, 6.07) is 4.29. The summed E-state index contributed by atoms with van der Waals surface area (Å²) < 4.78 is 36.2. The van der Waals surface area contributed by atoms with Crippen LogP contribution in [0.2, 0.25) is 0 Å². The number of halogens is 1. The largest absolute Gasteiger partial charge is 0.498 e. The second-order valence-electron chi connectivity index (χ2n) is 6.03. The Hall–Kier alpha value is -1.11. The number of rotatable bonds is 5. The van der Waals surface area contributed by atoms with Gasteiger partial charge in [-0.05, 0) is 52.8 Å². The van der Waals surface area contributed by atoms with Gasteiger partial charge in [0, 0.05) is 12.1 Å². The zero-order chi connectivity index (χ0) is 15.7. The minimum atomic E-state index is -0.665. The molecule has 1 fully saturated rings. The molecule has 0 atom stereocenters. The van der Waals surface area contributed by atoms with Gasteiger partial charge in [0.05, 0.1) is 11.2 Å². The van der Waals surface area contributed by atoms with E-state index in [1.54, 1.807) is 6.07 Å². The molecule has 0 saturated carbocycles. The Morgan fingerprint density at radius 1 is 1.14 bits per heavy atom. The van der Waals surface area contributed by atoms with E-state index >= 15 is 0 Å². The molecule has 116 valence electrons. The maximum absolute atomic E-state index is 13.6. The maximum atomic E-state index is 13.6. The van der Waals surface area contributed by atoms with Crippen LogP contribution in [-0.2, 0) is 14.0 Å². The molecule has 1 aliphatic rings. The molecule has 1 heterocycles. The van der Waals surface area contributed by atoms with Gasteiger partial charge in [-0.15, -0.1) is 0 Å². The van der Waals surface area contributed by atoms with E-state index in [0.29, 0.717) is 17.8 Å². The van der Waals surface area contributed by atoms with Crippen molar-refractivity contribution >= 4 is 12.6 Å². The minimum Gasteiger partial charge on any atom is -0.468 e. The van der Waals surface area contributed by atoms with Crippen LogP contribution >= 0.6 is 0 Å². The van der Waals surface area contributed by atoms with Gasteiger partial charge in [-0.3, -0.25) is 0 Å².